The molecule has 2 amide bonds. The first kappa shape index (κ1) is 14.4. The van der Waals surface area contributed by atoms with Gasteiger partial charge in [-0.15, -0.1) is 0 Å². The average molecular weight is 276 g/mol. The summed E-state index contributed by atoms with van der Waals surface area (Å²) in [6.45, 7) is 6.57. The van der Waals surface area contributed by atoms with Crippen LogP contribution in [-0.4, -0.2) is 18.4 Å². The molecule has 0 radical (unpaired) electrons. The van der Waals surface area contributed by atoms with E-state index in [0.29, 0.717) is 24.4 Å². The number of ether oxygens (including phenoxy) is 1. The molecule has 0 unspecified atom stereocenters. The van der Waals surface area contributed by atoms with Crippen LogP contribution < -0.4 is 15.4 Å². The summed E-state index contributed by atoms with van der Waals surface area (Å²) >= 11 is 0. The second-order valence-corrected chi connectivity index (χ2v) is 6.18. The maximum absolute atomic E-state index is 11.8. The molecule has 2 N–H and O–H groups in total. The zero-order valence-electron chi connectivity index (χ0n) is 12.1. The number of hydrogen-bond acceptors (Lipinski definition) is 3. The van der Waals surface area contributed by atoms with E-state index in [0.717, 1.165) is 5.56 Å². The van der Waals surface area contributed by atoms with Crippen molar-refractivity contribution in [1.82, 2.24) is 5.32 Å². The minimum atomic E-state index is -0.161. The molecule has 1 aliphatic heterocycles. The summed E-state index contributed by atoms with van der Waals surface area (Å²) in [7, 11) is 0. The number of hydrogen-bond donors (Lipinski definition) is 2. The standard InChI is InChI=1S/C15H20N2O3/c1-15(2,3)7-13(18)16-8-10-4-5-12-11(6-10)17-14(19)9-20-12/h4-6H,7-9H2,1-3H3,(H,16,18)(H,17,19). The molecule has 0 saturated carbocycles. The van der Waals surface area contributed by atoms with Crippen LogP contribution in [0.4, 0.5) is 5.69 Å². The van der Waals surface area contributed by atoms with Crippen molar-refractivity contribution in [3.63, 3.8) is 0 Å². The van der Waals surface area contributed by atoms with Crippen LogP contribution in [-0.2, 0) is 16.1 Å². The van der Waals surface area contributed by atoms with Crippen LogP contribution in [0.25, 0.3) is 0 Å². The highest BCUT2D eigenvalue weighted by Gasteiger charge is 2.17. The smallest absolute Gasteiger partial charge is 0.262 e. The number of fused-ring (bicyclic) bond motifs is 1. The lowest BCUT2D eigenvalue weighted by molar-refractivity contribution is -0.123. The minimum absolute atomic E-state index is 0.0236. The molecule has 1 heterocycles. The van der Waals surface area contributed by atoms with Crippen molar-refractivity contribution in [3.8, 4) is 5.75 Å². The van der Waals surface area contributed by atoms with E-state index in [1.807, 2.05) is 32.9 Å². The quantitative estimate of drug-likeness (QED) is 0.888. The van der Waals surface area contributed by atoms with Crippen molar-refractivity contribution in [2.24, 2.45) is 5.41 Å². The molecule has 108 valence electrons. The molecule has 0 bridgehead atoms. The molecule has 0 aliphatic carbocycles. The van der Waals surface area contributed by atoms with Gasteiger partial charge in [0.05, 0.1) is 5.69 Å². The van der Waals surface area contributed by atoms with Gasteiger partial charge in [0.1, 0.15) is 5.75 Å². The van der Waals surface area contributed by atoms with Crippen LogP contribution in [0.2, 0.25) is 0 Å². The van der Waals surface area contributed by atoms with Crippen LogP contribution in [0.5, 0.6) is 5.75 Å². The number of carbonyl (C=O) groups excluding carboxylic acids is 2. The lowest BCUT2D eigenvalue weighted by Crippen LogP contribution is -2.28. The molecule has 20 heavy (non-hydrogen) atoms. The molecule has 1 aromatic rings. The Kier molecular flexibility index (Phi) is 3.97. The Morgan fingerprint density at radius 3 is 2.85 bits per heavy atom. The second kappa shape index (κ2) is 5.53. The third-order valence-corrected chi connectivity index (χ3v) is 2.86. The molecule has 5 heteroatoms. The Hall–Kier alpha value is -2.04. The fourth-order valence-electron chi connectivity index (χ4n) is 1.99. The van der Waals surface area contributed by atoms with Gasteiger partial charge in [-0.2, -0.15) is 0 Å². The van der Waals surface area contributed by atoms with Crippen LogP contribution in [0.1, 0.15) is 32.8 Å². The normalized spacial score (nSPS) is 14.1. The topological polar surface area (TPSA) is 67.4 Å². The Labute approximate surface area is 118 Å². The Morgan fingerprint density at radius 1 is 1.40 bits per heavy atom. The van der Waals surface area contributed by atoms with E-state index in [1.165, 1.54) is 0 Å². The van der Waals surface area contributed by atoms with Gasteiger partial charge < -0.3 is 15.4 Å². The highest BCUT2D eigenvalue weighted by Crippen LogP contribution is 2.28. The maximum Gasteiger partial charge on any atom is 0.262 e. The fourth-order valence-corrected chi connectivity index (χ4v) is 1.99. The van der Waals surface area contributed by atoms with Gasteiger partial charge in [-0.3, -0.25) is 9.59 Å². The average Bonchev–Trinajstić information content (AvgIpc) is 2.33. The third kappa shape index (κ3) is 3.98. The third-order valence-electron chi connectivity index (χ3n) is 2.86. The van der Waals surface area contributed by atoms with E-state index in [-0.39, 0.29) is 23.8 Å². The molecule has 1 aliphatic rings. The number of amides is 2. The van der Waals surface area contributed by atoms with Crippen molar-refractivity contribution >= 4 is 17.5 Å². The molecular weight excluding hydrogens is 256 g/mol. The molecule has 0 saturated heterocycles. The molecule has 0 aromatic heterocycles. The number of nitrogens with one attached hydrogen (secondary N) is 2. The van der Waals surface area contributed by atoms with Gasteiger partial charge in [0.15, 0.2) is 6.61 Å². The highest BCUT2D eigenvalue weighted by atomic mass is 16.5. The molecular formula is C15H20N2O3. The minimum Gasteiger partial charge on any atom is -0.482 e. The summed E-state index contributed by atoms with van der Waals surface area (Å²) in [6.07, 6.45) is 0.484. The van der Waals surface area contributed by atoms with Crippen LogP contribution in [0, 0.1) is 5.41 Å². The summed E-state index contributed by atoms with van der Waals surface area (Å²) in [6, 6.07) is 5.51. The zero-order valence-corrected chi connectivity index (χ0v) is 12.1. The molecule has 0 fully saturated rings. The second-order valence-electron chi connectivity index (χ2n) is 6.18. The Morgan fingerprint density at radius 2 is 2.15 bits per heavy atom. The van der Waals surface area contributed by atoms with E-state index in [2.05, 4.69) is 10.6 Å². The number of rotatable bonds is 3. The van der Waals surface area contributed by atoms with Gasteiger partial charge in [0, 0.05) is 13.0 Å². The number of anilines is 1. The molecule has 0 atom stereocenters. The Bertz CT molecular complexity index is 532. The van der Waals surface area contributed by atoms with Crippen molar-refractivity contribution in [2.45, 2.75) is 33.7 Å². The van der Waals surface area contributed by atoms with Gasteiger partial charge in [0.2, 0.25) is 5.91 Å². The van der Waals surface area contributed by atoms with Gasteiger partial charge in [-0.25, -0.2) is 0 Å². The lowest BCUT2D eigenvalue weighted by atomic mass is 9.92. The van der Waals surface area contributed by atoms with Gasteiger partial charge >= 0.3 is 0 Å². The van der Waals surface area contributed by atoms with Crippen molar-refractivity contribution < 1.29 is 14.3 Å². The van der Waals surface area contributed by atoms with E-state index >= 15 is 0 Å². The fraction of sp³-hybridized carbons (Fsp3) is 0.467. The van der Waals surface area contributed by atoms with Crippen LogP contribution >= 0.6 is 0 Å². The monoisotopic (exact) mass is 276 g/mol. The van der Waals surface area contributed by atoms with Gasteiger partial charge in [0.25, 0.3) is 5.91 Å². The Balaban J connectivity index is 1.96. The van der Waals surface area contributed by atoms with Crippen molar-refractivity contribution in [2.75, 3.05) is 11.9 Å². The summed E-state index contributed by atoms with van der Waals surface area (Å²) in [5.74, 6) is 0.524. The van der Waals surface area contributed by atoms with E-state index in [9.17, 15) is 9.59 Å². The first-order valence-corrected chi connectivity index (χ1v) is 6.66. The van der Waals surface area contributed by atoms with E-state index < -0.39 is 0 Å². The first-order valence-electron chi connectivity index (χ1n) is 6.66. The van der Waals surface area contributed by atoms with Crippen molar-refractivity contribution in [3.05, 3.63) is 23.8 Å². The van der Waals surface area contributed by atoms with Crippen LogP contribution in [0.3, 0.4) is 0 Å². The van der Waals surface area contributed by atoms with E-state index in [1.54, 1.807) is 6.07 Å². The SMILES string of the molecule is CC(C)(C)CC(=O)NCc1ccc2c(c1)NC(=O)CO2. The number of benzene rings is 1. The van der Waals surface area contributed by atoms with E-state index in [4.69, 9.17) is 4.74 Å². The summed E-state index contributed by atoms with van der Waals surface area (Å²) in [4.78, 5) is 23.0. The molecule has 5 nitrogen and oxygen atoms in total. The van der Waals surface area contributed by atoms with Gasteiger partial charge in [-0.05, 0) is 23.1 Å². The predicted molar refractivity (Wildman–Crippen MR) is 76.5 cm³/mol. The molecule has 0 spiro atoms. The highest BCUT2D eigenvalue weighted by molar-refractivity contribution is 5.95. The van der Waals surface area contributed by atoms with Crippen LogP contribution in [0.15, 0.2) is 18.2 Å². The van der Waals surface area contributed by atoms with Crippen molar-refractivity contribution in [1.29, 1.82) is 0 Å². The van der Waals surface area contributed by atoms with Gasteiger partial charge in [-0.1, -0.05) is 26.8 Å². The first-order chi connectivity index (χ1) is 9.33. The molecule has 1 aromatic carbocycles. The lowest BCUT2D eigenvalue weighted by Gasteiger charge is -2.19. The summed E-state index contributed by atoms with van der Waals surface area (Å²) < 4.78 is 5.28. The number of carbonyl (C=O) groups is 2. The largest absolute Gasteiger partial charge is 0.482 e. The summed E-state index contributed by atoms with van der Waals surface area (Å²) in [5, 5.41) is 5.63. The zero-order chi connectivity index (χ0) is 14.8. The predicted octanol–water partition coefficient (Wildman–Crippen LogP) is 2.07. The maximum atomic E-state index is 11.8. The molecule has 2 rings (SSSR count). The summed E-state index contributed by atoms with van der Waals surface area (Å²) in [5.41, 5.74) is 1.56.